The summed E-state index contributed by atoms with van der Waals surface area (Å²) in [5, 5.41) is 0. The molecule has 0 fully saturated rings. The molecule has 0 saturated heterocycles. The van der Waals surface area contributed by atoms with Gasteiger partial charge in [-0.3, -0.25) is 0 Å². The van der Waals surface area contributed by atoms with Gasteiger partial charge < -0.3 is 4.57 Å². The van der Waals surface area contributed by atoms with Crippen molar-refractivity contribution >= 4 is 11.0 Å². The second kappa shape index (κ2) is 5.15. The Balaban J connectivity index is 1.87. The minimum absolute atomic E-state index is 0.999. The molecule has 2 nitrogen and oxygen atoms in total. The highest BCUT2D eigenvalue weighted by Gasteiger charge is 2.10. The smallest absolute Gasteiger partial charge is 0.140 e. The van der Waals surface area contributed by atoms with E-state index < -0.39 is 0 Å². The van der Waals surface area contributed by atoms with E-state index in [1.165, 1.54) is 11.1 Å². The van der Waals surface area contributed by atoms with Crippen LogP contribution in [0.25, 0.3) is 33.5 Å². The molecule has 0 atom stereocenters. The predicted octanol–water partition coefficient (Wildman–Crippen LogP) is 4.91. The first-order chi connectivity index (χ1) is 10.8. The maximum Gasteiger partial charge on any atom is 0.140 e. The lowest BCUT2D eigenvalue weighted by molar-refractivity contribution is 0.959. The monoisotopic (exact) mass is 284 g/mol. The molecule has 4 aromatic rings. The highest BCUT2D eigenvalue weighted by molar-refractivity contribution is 5.81. The maximum atomic E-state index is 4.78. The van der Waals surface area contributed by atoms with Crippen molar-refractivity contribution in [2.75, 3.05) is 0 Å². The van der Waals surface area contributed by atoms with Crippen LogP contribution in [-0.2, 0) is 7.05 Å². The zero-order chi connectivity index (χ0) is 14.9. The fourth-order valence-corrected chi connectivity index (χ4v) is 2.87. The van der Waals surface area contributed by atoms with E-state index in [9.17, 15) is 0 Å². The first-order valence-corrected chi connectivity index (χ1v) is 7.40. The molecule has 106 valence electrons. The van der Waals surface area contributed by atoms with E-state index in [4.69, 9.17) is 4.98 Å². The highest BCUT2D eigenvalue weighted by atomic mass is 15.1. The molecular formula is C20H16N2. The van der Waals surface area contributed by atoms with Gasteiger partial charge in [-0.15, -0.1) is 0 Å². The summed E-state index contributed by atoms with van der Waals surface area (Å²) in [6.45, 7) is 0. The number of imidazole rings is 1. The van der Waals surface area contributed by atoms with Crippen LogP contribution < -0.4 is 0 Å². The van der Waals surface area contributed by atoms with Crippen LogP contribution in [0.3, 0.4) is 0 Å². The normalized spacial score (nSPS) is 11.0. The zero-order valence-electron chi connectivity index (χ0n) is 12.4. The van der Waals surface area contributed by atoms with Crippen LogP contribution >= 0.6 is 0 Å². The Bertz CT molecular complexity index is 936. The van der Waals surface area contributed by atoms with E-state index in [2.05, 4.69) is 72.3 Å². The summed E-state index contributed by atoms with van der Waals surface area (Å²) >= 11 is 0. The van der Waals surface area contributed by atoms with E-state index >= 15 is 0 Å². The number of aryl methyl sites for hydroxylation is 1. The number of benzene rings is 3. The molecule has 0 N–H and O–H groups in total. The van der Waals surface area contributed by atoms with Gasteiger partial charge in [-0.05, 0) is 29.3 Å². The summed E-state index contributed by atoms with van der Waals surface area (Å²) < 4.78 is 2.15. The largest absolute Gasteiger partial charge is 0.327 e. The number of fused-ring (bicyclic) bond motifs is 1. The average Bonchev–Trinajstić information content (AvgIpc) is 2.93. The van der Waals surface area contributed by atoms with Crippen LogP contribution in [0.1, 0.15) is 0 Å². The first-order valence-electron chi connectivity index (χ1n) is 7.40. The summed E-state index contributed by atoms with van der Waals surface area (Å²) in [5.41, 5.74) is 5.76. The summed E-state index contributed by atoms with van der Waals surface area (Å²) in [4.78, 5) is 4.78. The molecule has 1 heterocycles. The molecule has 0 amide bonds. The van der Waals surface area contributed by atoms with Gasteiger partial charge in [-0.1, -0.05) is 60.7 Å². The first kappa shape index (κ1) is 12.8. The SMILES string of the molecule is Cn1c(-c2cccc(-c3ccccc3)c2)nc2ccccc21. The molecule has 0 spiro atoms. The molecule has 22 heavy (non-hydrogen) atoms. The van der Waals surface area contributed by atoms with Crippen LogP contribution in [0.15, 0.2) is 78.9 Å². The van der Waals surface area contributed by atoms with E-state index in [0.29, 0.717) is 0 Å². The van der Waals surface area contributed by atoms with Crippen molar-refractivity contribution in [2.45, 2.75) is 0 Å². The molecule has 0 aliphatic heterocycles. The third-order valence-electron chi connectivity index (χ3n) is 4.02. The fourth-order valence-electron chi connectivity index (χ4n) is 2.87. The number of hydrogen-bond donors (Lipinski definition) is 0. The summed E-state index contributed by atoms with van der Waals surface area (Å²) in [6.07, 6.45) is 0. The topological polar surface area (TPSA) is 17.8 Å². The Kier molecular flexibility index (Phi) is 3.01. The van der Waals surface area contributed by atoms with Gasteiger partial charge in [0.05, 0.1) is 11.0 Å². The Morgan fingerprint density at radius 2 is 1.36 bits per heavy atom. The van der Waals surface area contributed by atoms with E-state index in [0.717, 1.165) is 22.4 Å². The van der Waals surface area contributed by atoms with E-state index in [-0.39, 0.29) is 0 Å². The number of hydrogen-bond acceptors (Lipinski definition) is 1. The Morgan fingerprint density at radius 1 is 0.682 bits per heavy atom. The molecule has 0 bridgehead atoms. The van der Waals surface area contributed by atoms with Crippen molar-refractivity contribution in [1.82, 2.24) is 9.55 Å². The number of aromatic nitrogens is 2. The van der Waals surface area contributed by atoms with Gasteiger partial charge in [0.25, 0.3) is 0 Å². The lowest BCUT2D eigenvalue weighted by Crippen LogP contribution is -1.92. The van der Waals surface area contributed by atoms with Crippen molar-refractivity contribution in [1.29, 1.82) is 0 Å². The van der Waals surface area contributed by atoms with Crippen LogP contribution in [0.2, 0.25) is 0 Å². The third-order valence-corrected chi connectivity index (χ3v) is 4.02. The van der Waals surface area contributed by atoms with Gasteiger partial charge in [0.1, 0.15) is 5.82 Å². The van der Waals surface area contributed by atoms with Gasteiger partial charge in [-0.2, -0.15) is 0 Å². The second-order valence-corrected chi connectivity index (χ2v) is 5.43. The minimum Gasteiger partial charge on any atom is -0.327 e. The van der Waals surface area contributed by atoms with Crippen molar-refractivity contribution in [3.63, 3.8) is 0 Å². The molecule has 0 saturated carbocycles. The summed E-state index contributed by atoms with van der Waals surface area (Å²) in [7, 11) is 2.07. The average molecular weight is 284 g/mol. The predicted molar refractivity (Wildman–Crippen MR) is 91.6 cm³/mol. The molecule has 0 unspecified atom stereocenters. The van der Waals surface area contributed by atoms with Crippen LogP contribution in [0, 0.1) is 0 Å². The van der Waals surface area contributed by atoms with E-state index in [1.807, 2.05) is 18.2 Å². The van der Waals surface area contributed by atoms with Crippen LogP contribution in [0.5, 0.6) is 0 Å². The Hall–Kier alpha value is -2.87. The number of para-hydroxylation sites is 2. The second-order valence-electron chi connectivity index (χ2n) is 5.43. The highest BCUT2D eigenvalue weighted by Crippen LogP contribution is 2.27. The third kappa shape index (κ3) is 2.09. The van der Waals surface area contributed by atoms with Crippen molar-refractivity contribution in [2.24, 2.45) is 7.05 Å². The maximum absolute atomic E-state index is 4.78. The molecule has 2 heteroatoms. The number of rotatable bonds is 2. The van der Waals surface area contributed by atoms with E-state index in [1.54, 1.807) is 0 Å². The van der Waals surface area contributed by atoms with Gasteiger partial charge >= 0.3 is 0 Å². The van der Waals surface area contributed by atoms with Gasteiger partial charge in [0, 0.05) is 12.6 Å². The van der Waals surface area contributed by atoms with Crippen molar-refractivity contribution in [3.05, 3.63) is 78.9 Å². The minimum atomic E-state index is 0.999. The zero-order valence-corrected chi connectivity index (χ0v) is 12.4. The van der Waals surface area contributed by atoms with Gasteiger partial charge in [-0.25, -0.2) is 4.98 Å². The van der Waals surface area contributed by atoms with Crippen molar-refractivity contribution in [3.8, 4) is 22.5 Å². The molecule has 3 aromatic carbocycles. The Labute approximate surface area is 129 Å². The standard InChI is InChI=1S/C20H16N2/c1-22-19-13-6-5-12-18(19)21-20(22)17-11-7-10-16(14-17)15-8-3-2-4-9-15/h2-14H,1H3. The molecule has 0 aliphatic carbocycles. The Morgan fingerprint density at radius 3 is 2.18 bits per heavy atom. The number of nitrogens with zero attached hydrogens (tertiary/aromatic N) is 2. The van der Waals surface area contributed by atoms with Gasteiger partial charge in [0.2, 0.25) is 0 Å². The van der Waals surface area contributed by atoms with Crippen LogP contribution in [0.4, 0.5) is 0 Å². The molecule has 4 rings (SSSR count). The lowest BCUT2D eigenvalue weighted by Gasteiger charge is -2.06. The lowest BCUT2D eigenvalue weighted by atomic mass is 10.0. The molecule has 1 aromatic heterocycles. The quantitative estimate of drug-likeness (QED) is 0.511. The fraction of sp³-hybridized carbons (Fsp3) is 0.0500. The molecule has 0 radical (unpaired) electrons. The van der Waals surface area contributed by atoms with Crippen LogP contribution in [-0.4, -0.2) is 9.55 Å². The summed E-state index contributed by atoms with van der Waals surface area (Å²) in [6, 6.07) is 27.2. The van der Waals surface area contributed by atoms with Crippen molar-refractivity contribution < 1.29 is 0 Å². The van der Waals surface area contributed by atoms with Gasteiger partial charge in [0.15, 0.2) is 0 Å². The summed E-state index contributed by atoms with van der Waals surface area (Å²) in [5.74, 6) is 0.999. The molecular weight excluding hydrogens is 268 g/mol. The molecule has 0 aliphatic rings.